The first-order chi connectivity index (χ1) is 26.7. The highest BCUT2D eigenvalue weighted by atomic mass is 31.2. The molecule has 8 nitrogen and oxygen atoms in total. The van der Waals surface area contributed by atoms with Gasteiger partial charge in [0.15, 0.2) is 11.6 Å². The van der Waals surface area contributed by atoms with E-state index in [-0.39, 0.29) is 19.4 Å². The molecule has 0 rings (SSSR count). The average Bonchev–Trinajstić information content (AvgIpc) is 3.16. The molecule has 4 N–H and O–H groups in total. The third-order valence-corrected chi connectivity index (χ3v) is 13.1. The Morgan fingerprint density at radius 1 is 0.509 bits per heavy atom. The van der Waals surface area contributed by atoms with E-state index in [1.165, 1.54) is 109 Å². The minimum Gasteiger partial charge on any atom is -0.382 e. The first-order valence-electron chi connectivity index (χ1n) is 23.7. The van der Waals surface area contributed by atoms with Crippen LogP contribution in [-0.2, 0) is 18.9 Å². The van der Waals surface area contributed by atoms with Crippen LogP contribution >= 0.6 is 7.60 Å². The SMILES string of the molecule is CCCCCCCCCCCCCCCC(=O)C(O)C(NCCCCCCCCCCCC=O)(C(=O)CCCCCCCCCCCCCCC)P(=O)(O)O. The summed E-state index contributed by atoms with van der Waals surface area (Å²) in [4.78, 5) is 59.0. The molecule has 0 aromatic carbocycles. The zero-order valence-electron chi connectivity index (χ0n) is 36.2. The van der Waals surface area contributed by atoms with Crippen molar-refractivity contribution in [3.63, 3.8) is 0 Å². The molecule has 0 spiro atoms. The molecule has 0 radical (unpaired) electrons. The van der Waals surface area contributed by atoms with E-state index in [9.17, 15) is 33.8 Å². The third-order valence-electron chi connectivity index (χ3n) is 11.5. The smallest absolute Gasteiger partial charge is 0.356 e. The van der Waals surface area contributed by atoms with Crippen molar-refractivity contribution in [2.75, 3.05) is 6.54 Å². The molecular weight excluding hydrogens is 709 g/mol. The molecule has 55 heavy (non-hydrogen) atoms. The van der Waals surface area contributed by atoms with Crippen LogP contribution in [0.1, 0.15) is 258 Å². The van der Waals surface area contributed by atoms with Gasteiger partial charge in [0.25, 0.3) is 0 Å². The van der Waals surface area contributed by atoms with Gasteiger partial charge in [-0.25, -0.2) is 0 Å². The summed E-state index contributed by atoms with van der Waals surface area (Å²) < 4.78 is 13.2. The Hall–Kier alpha value is -0.920. The second-order valence-corrected chi connectivity index (χ2v) is 18.4. The molecule has 2 unspecified atom stereocenters. The lowest BCUT2D eigenvalue weighted by Crippen LogP contribution is -2.62. The van der Waals surface area contributed by atoms with Gasteiger partial charge in [0.2, 0.25) is 5.28 Å². The van der Waals surface area contributed by atoms with E-state index < -0.39 is 30.5 Å². The van der Waals surface area contributed by atoms with Crippen LogP contribution in [0.25, 0.3) is 0 Å². The highest BCUT2D eigenvalue weighted by Gasteiger charge is 2.59. The van der Waals surface area contributed by atoms with Gasteiger partial charge < -0.3 is 19.7 Å². The summed E-state index contributed by atoms with van der Waals surface area (Å²) >= 11 is 0. The van der Waals surface area contributed by atoms with Gasteiger partial charge in [-0.15, -0.1) is 0 Å². The van der Waals surface area contributed by atoms with Crippen molar-refractivity contribution in [3.05, 3.63) is 0 Å². The van der Waals surface area contributed by atoms with Crippen LogP contribution in [0.15, 0.2) is 0 Å². The number of hydrogen-bond donors (Lipinski definition) is 4. The Morgan fingerprint density at radius 3 is 1.16 bits per heavy atom. The van der Waals surface area contributed by atoms with E-state index in [0.29, 0.717) is 25.7 Å². The minimum atomic E-state index is -5.27. The average molecular weight is 800 g/mol. The second kappa shape index (κ2) is 38.6. The van der Waals surface area contributed by atoms with Gasteiger partial charge in [-0.2, -0.15) is 0 Å². The molecule has 0 aromatic heterocycles. The van der Waals surface area contributed by atoms with Gasteiger partial charge in [-0.1, -0.05) is 213 Å². The van der Waals surface area contributed by atoms with Gasteiger partial charge in [0.05, 0.1) is 0 Å². The fraction of sp³-hybridized carbons (Fsp3) is 0.935. The van der Waals surface area contributed by atoms with E-state index in [4.69, 9.17) is 0 Å². The summed E-state index contributed by atoms with van der Waals surface area (Å²) in [7, 11) is -5.27. The summed E-state index contributed by atoms with van der Waals surface area (Å²) in [6, 6.07) is 0. The highest BCUT2D eigenvalue weighted by Crippen LogP contribution is 2.52. The van der Waals surface area contributed by atoms with Crippen LogP contribution in [-0.4, -0.2) is 50.7 Å². The van der Waals surface area contributed by atoms with Crippen molar-refractivity contribution in [2.45, 2.75) is 269 Å². The number of carbonyl (C=O) groups is 3. The number of rotatable bonds is 45. The van der Waals surface area contributed by atoms with Gasteiger partial charge in [-0.3, -0.25) is 19.5 Å². The Labute approximate surface area is 339 Å². The highest BCUT2D eigenvalue weighted by molar-refractivity contribution is 7.55. The maximum absolute atomic E-state index is 13.8. The lowest BCUT2D eigenvalue weighted by molar-refractivity contribution is -0.138. The summed E-state index contributed by atoms with van der Waals surface area (Å²) in [5, 5.41) is 11.6. The summed E-state index contributed by atoms with van der Waals surface area (Å²) in [5.41, 5.74) is 0. The molecule has 0 aliphatic carbocycles. The number of unbranched alkanes of at least 4 members (excludes halogenated alkanes) is 33. The van der Waals surface area contributed by atoms with Crippen LogP contribution in [0.2, 0.25) is 0 Å². The Morgan fingerprint density at radius 2 is 0.818 bits per heavy atom. The van der Waals surface area contributed by atoms with Crippen LogP contribution < -0.4 is 5.32 Å². The van der Waals surface area contributed by atoms with Crippen LogP contribution in [0.4, 0.5) is 0 Å². The maximum Gasteiger partial charge on any atom is 0.356 e. The Balaban J connectivity index is 4.94. The van der Waals surface area contributed by atoms with Crippen LogP contribution in [0.5, 0.6) is 0 Å². The lowest BCUT2D eigenvalue weighted by Gasteiger charge is -2.37. The van der Waals surface area contributed by atoms with Crippen LogP contribution in [0, 0.1) is 0 Å². The zero-order chi connectivity index (χ0) is 40.7. The summed E-state index contributed by atoms with van der Waals surface area (Å²) in [6.07, 6.45) is 38.1. The predicted octanol–water partition coefficient (Wildman–Crippen LogP) is 13.0. The molecule has 0 aromatic rings. The van der Waals surface area contributed by atoms with Crippen molar-refractivity contribution < 1.29 is 33.8 Å². The summed E-state index contributed by atoms with van der Waals surface area (Å²) in [5.74, 6) is -1.41. The fourth-order valence-corrected chi connectivity index (χ4v) is 9.04. The molecule has 2 atom stereocenters. The van der Waals surface area contributed by atoms with E-state index in [1.807, 2.05) is 0 Å². The second-order valence-electron chi connectivity index (χ2n) is 16.7. The van der Waals surface area contributed by atoms with Crippen molar-refractivity contribution in [2.24, 2.45) is 0 Å². The lowest BCUT2D eigenvalue weighted by atomic mass is 9.94. The number of hydrogen-bond acceptors (Lipinski definition) is 6. The zero-order valence-corrected chi connectivity index (χ0v) is 37.0. The molecule has 0 amide bonds. The van der Waals surface area contributed by atoms with Gasteiger partial charge in [-0.05, 0) is 32.2 Å². The number of aliphatic hydroxyl groups excluding tert-OH is 1. The maximum atomic E-state index is 13.8. The number of aldehydes is 1. The molecular formula is C46H90NO7P. The largest absolute Gasteiger partial charge is 0.382 e. The van der Waals surface area contributed by atoms with Gasteiger partial charge >= 0.3 is 7.60 Å². The number of Topliss-reactive ketones (excluding diaryl/α,β-unsaturated/α-hetero) is 2. The predicted molar refractivity (Wildman–Crippen MR) is 232 cm³/mol. The minimum absolute atomic E-state index is 0.00349. The number of aliphatic hydroxyl groups is 1. The Bertz CT molecular complexity index is 941. The van der Waals surface area contributed by atoms with E-state index in [1.54, 1.807) is 0 Å². The number of carbonyl (C=O) groups excluding carboxylic acids is 3. The van der Waals surface area contributed by atoms with Gasteiger partial charge in [0, 0.05) is 19.3 Å². The number of ketones is 2. The van der Waals surface area contributed by atoms with Crippen molar-refractivity contribution in [1.82, 2.24) is 5.32 Å². The monoisotopic (exact) mass is 800 g/mol. The normalized spacial score (nSPS) is 13.5. The summed E-state index contributed by atoms with van der Waals surface area (Å²) in [6.45, 7) is 4.62. The third kappa shape index (κ3) is 29.0. The molecule has 9 heteroatoms. The molecule has 0 saturated carbocycles. The fourth-order valence-electron chi connectivity index (χ4n) is 7.82. The Kier molecular flexibility index (Phi) is 37.9. The number of nitrogens with one attached hydrogen (secondary N) is 1. The van der Waals surface area contributed by atoms with Crippen molar-refractivity contribution in [3.8, 4) is 0 Å². The van der Waals surface area contributed by atoms with Crippen molar-refractivity contribution in [1.29, 1.82) is 0 Å². The first kappa shape index (κ1) is 54.1. The standard InChI is InChI=1S/C46H90NO7P/c1-3-5-7-9-11-13-15-17-19-23-27-31-35-39-43(49)45(51)46(55(52,53)54,47-41-37-33-29-25-21-22-26-30-34-38-42-48)44(50)40-36-32-28-24-20-18-16-14-12-10-8-6-4-2/h42,45,47,51H,3-41H2,1-2H3,(H2,52,53,54). The molecule has 0 saturated heterocycles. The molecule has 326 valence electrons. The molecule has 0 aliphatic rings. The van der Waals surface area contributed by atoms with Crippen molar-refractivity contribution >= 4 is 25.4 Å². The molecule has 0 heterocycles. The topological polar surface area (TPSA) is 141 Å². The quantitative estimate of drug-likeness (QED) is 0.0271. The van der Waals surface area contributed by atoms with Crippen LogP contribution in [0.3, 0.4) is 0 Å². The first-order valence-corrected chi connectivity index (χ1v) is 25.3. The van der Waals surface area contributed by atoms with E-state index >= 15 is 0 Å². The van der Waals surface area contributed by atoms with Gasteiger partial charge in [0.1, 0.15) is 12.4 Å². The van der Waals surface area contributed by atoms with E-state index in [2.05, 4.69) is 19.2 Å². The molecule has 0 bridgehead atoms. The van der Waals surface area contributed by atoms with E-state index in [0.717, 1.165) is 103 Å². The molecule has 0 fully saturated rings. The molecule has 0 aliphatic heterocycles.